The number of fused-ring (bicyclic) bond motifs is 1. The van der Waals surface area contributed by atoms with Gasteiger partial charge >= 0.3 is 0 Å². The van der Waals surface area contributed by atoms with Crippen molar-refractivity contribution in [3.63, 3.8) is 0 Å². The Hall–Kier alpha value is -2.60. The summed E-state index contributed by atoms with van der Waals surface area (Å²) in [5.41, 5.74) is 3.51. The Morgan fingerprint density at radius 3 is 2.48 bits per heavy atom. The molecule has 0 aliphatic heterocycles. The van der Waals surface area contributed by atoms with Crippen LogP contribution in [0.15, 0.2) is 30.3 Å². The first-order chi connectivity index (χ1) is 11.8. The van der Waals surface area contributed by atoms with E-state index in [9.17, 15) is 5.11 Å². The number of ether oxygens (including phenoxy) is 1. The Kier molecular flexibility index (Phi) is 4.39. The molecule has 0 amide bonds. The molecule has 0 aliphatic rings. The average Bonchev–Trinajstić information content (AvgIpc) is 2.95. The molecule has 3 aromatic rings. The molecule has 132 valence electrons. The molecule has 3 rings (SSSR count). The maximum atomic E-state index is 10.8. The van der Waals surface area contributed by atoms with E-state index >= 15 is 0 Å². The highest BCUT2D eigenvalue weighted by Crippen LogP contribution is 2.38. The second-order valence-corrected chi connectivity index (χ2v) is 7.14. The molecule has 0 unspecified atom stereocenters. The fraction of sp³-hybridized carbons (Fsp3) is 0.368. The maximum absolute atomic E-state index is 10.8. The number of aryl methyl sites for hydroxylation is 1. The van der Waals surface area contributed by atoms with Crippen LogP contribution in [0.4, 0.5) is 0 Å². The summed E-state index contributed by atoms with van der Waals surface area (Å²) in [6.45, 7) is 8.14. The minimum atomic E-state index is -0.291. The van der Waals surface area contributed by atoms with Crippen molar-refractivity contribution in [2.75, 3.05) is 13.2 Å². The van der Waals surface area contributed by atoms with Crippen molar-refractivity contribution in [1.82, 2.24) is 15.0 Å². The fourth-order valence-electron chi connectivity index (χ4n) is 2.70. The number of aromatic hydroxyl groups is 1. The standard InChI is InChI=1S/C19H23N3O3/c1-12-5-6-15-16(9-12)21-22(20-15)17-11-13(25-8-7-23)10-14(18(17)24)19(2,3)4/h5-6,9-11,23-24H,7-8H2,1-4H3. The lowest BCUT2D eigenvalue weighted by Crippen LogP contribution is -2.14. The quantitative estimate of drug-likeness (QED) is 0.762. The molecule has 2 aromatic carbocycles. The maximum Gasteiger partial charge on any atom is 0.147 e. The normalized spacial score (nSPS) is 11.9. The topological polar surface area (TPSA) is 80.4 Å². The molecule has 0 atom stereocenters. The van der Waals surface area contributed by atoms with E-state index < -0.39 is 0 Å². The summed E-state index contributed by atoms with van der Waals surface area (Å²) in [6, 6.07) is 9.31. The summed E-state index contributed by atoms with van der Waals surface area (Å²) < 4.78 is 5.57. The van der Waals surface area contributed by atoms with Gasteiger partial charge in [0.2, 0.25) is 0 Å². The lowest BCUT2D eigenvalue weighted by atomic mass is 9.86. The van der Waals surface area contributed by atoms with Gasteiger partial charge in [-0.15, -0.1) is 15.0 Å². The number of nitrogens with zero attached hydrogens (tertiary/aromatic N) is 3. The molecule has 1 heterocycles. The van der Waals surface area contributed by atoms with Crippen LogP contribution in [0.3, 0.4) is 0 Å². The summed E-state index contributed by atoms with van der Waals surface area (Å²) in [6.07, 6.45) is 0. The monoisotopic (exact) mass is 341 g/mol. The smallest absolute Gasteiger partial charge is 0.147 e. The van der Waals surface area contributed by atoms with Crippen LogP contribution < -0.4 is 4.74 Å². The Balaban J connectivity index is 2.18. The number of phenolic OH excluding ortho intramolecular Hbond substituents is 1. The fourth-order valence-corrected chi connectivity index (χ4v) is 2.70. The molecular formula is C19H23N3O3. The van der Waals surface area contributed by atoms with Gasteiger partial charge in [0.05, 0.1) is 6.61 Å². The van der Waals surface area contributed by atoms with E-state index in [0.717, 1.165) is 22.2 Å². The van der Waals surface area contributed by atoms with Crippen molar-refractivity contribution < 1.29 is 14.9 Å². The van der Waals surface area contributed by atoms with Gasteiger partial charge in [-0.1, -0.05) is 26.8 Å². The molecular weight excluding hydrogens is 318 g/mol. The van der Waals surface area contributed by atoms with Crippen LogP contribution in [0.2, 0.25) is 0 Å². The first-order valence-corrected chi connectivity index (χ1v) is 8.25. The lowest BCUT2D eigenvalue weighted by molar-refractivity contribution is 0.201. The number of hydrogen-bond donors (Lipinski definition) is 2. The Morgan fingerprint density at radius 1 is 1.08 bits per heavy atom. The SMILES string of the molecule is Cc1ccc2nn(-c3cc(OCCO)cc(C(C)(C)C)c3O)nc2c1. The van der Waals surface area contributed by atoms with Crippen molar-refractivity contribution in [2.24, 2.45) is 0 Å². The highest BCUT2D eigenvalue weighted by molar-refractivity contribution is 5.75. The van der Waals surface area contributed by atoms with Gasteiger partial charge in [-0.3, -0.25) is 0 Å². The van der Waals surface area contributed by atoms with E-state index in [2.05, 4.69) is 10.2 Å². The van der Waals surface area contributed by atoms with Gasteiger partial charge in [-0.25, -0.2) is 0 Å². The zero-order chi connectivity index (χ0) is 18.2. The minimum Gasteiger partial charge on any atom is -0.505 e. The van der Waals surface area contributed by atoms with Crippen molar-refractivity contribution in [3.8, 4) is 17.2 Å². The van der Waals surface area contributed by atoms with E-state index in [1.165, 1.54) is 4.80 Å². The van der Waals surface area contributed by atoms with Gasteiger partial charge in [0.15, 0.2) is 0 Å². The number of hydrogen-bond acceptors (Lipinski definition) is 5. The third kappa shape index (κ3) is 3.44. The van der Waals surface area contributed by atoms with Crippen LogP contribution >= 0.6 is 0 Å². The van der Waals surface area contributed by atoms with E-state index in [1.807, 2.05) is 45.9 Å². The lowest BCUT2D eigenvalue weighted by Gasteiger charge is -2.23. The number of benzene rings is 2. The summed E-state index contributed by atoms with van der Waals surface area (Å²) >= 11 is 0. The molecule has 0 aliphatic carbocycles. The number of aromatic nitrogens is 3. The first kappa shape index (κ1) is 17.2. The van der Waals surface area contributed by atoms with Crippen molar-refractivity contribution in [3.05, 3.63) is 41.5 Å². The molecule has 1 aromatic heterocycles. The van der Waals surface area contributed by atoms with Gasteiger partial charge in [0.25, 0.3) is 0 Å². The number of aliphatic hydroxyl groups is 1. The first-order valence-electron chi connectivity index (χ1n) is 8.25. The number of rotatable bonds is 4. The van der Waals surface area contributed by atoms with Crippen molar-refractivity contribution >= 4 is 11.0 Å². The Morgan fingerprint density at radius 2 is 1.80 bits per heavy atom. The van der Waals surface area contributed by atoms with Crippen LogP contribution in [0.5, 0.6) is 11.5 Å². The van der Waals surface area contributed by atoms with Crippen LogP contribution in [0, 0.1) is 6.92 Å². The van der Waals surface area contributed by atoms with E-state index in [1.54, 1.807) is 12.1 Å². The predicted octanol–water partition coefficient (Wildman–Crippen LogP) is 3.10. The molecule has 0 bridgehead atoms. The molecule has 6 heteroatoms. The van der Waals surface area contributed by atoms with E-state index in [-0.39, 0.29) is 24.4 Å². The molecule has 0 saturated carbocycles. The van der Waals surface area contributed by atoms with Gasteiger partial charge in [-0.05, 0) is 36.1 Å². The minimum absolute atomic E-state index is 0.0791. The van der Waals surface area contributed by atoms with Crippen LogP contribution in [-0.4, -0.2) is 38.4 Å². The van der Waals surface area contributed by atoms with E-state index in [4.69, 9.17) is 9.84 Å². The van der Waals surface area contributed by atoms with Gasteiger partial charge in [0, 0.05) is 11.6 Å². The molecule has 0 saturated heterocycles. The Labute approximate surface area is 146 Å². The zero-order valence-electron chi connectivity index (χ0n) is 14.9. The number of aliphatic hydroxyl groups excluding tert-OH is 1. The molecule has 2 N–H and O–H groups in total. The van der Waals surface area contributed by atoms with Crippen molar-refractivity contribution in [2.45, 2.75) is 33.1 Å². The molecule has 0 radical (unpaired) electrons. The largest absolute Gasteiger partial charge is 0.505 e. The van der Waals surface area contributed by atoms with Gasteiger partial charge < -0.3 is 14.9 Å². The number of phenols is 1. The highest BCUT2D eigenvalue weighted by Gasteiger charge is 2.23. The van der Waals surface area contributed by atoms with Crippen LogP contribution in [0.25, 0.3) is 16.7 Å². The second kappa shape index (κ2) is 6.37. The Bertz CT molecular complexity index is 910. The molecule has 0 spiro atoms. The highest BCUT2D eigenvalue weighted by atomic mass is 16.5. The van der Waals surface area contributed by atoms with Crippen molar-refractivity contribution in [1.29, 1.82) is 0 Å². The summed E-state index contributed by atoms with van der Waals surface area (Å²) in [4.78, 5) is 1.43. The third-order valence-electron chi connectivity index (χ3n) is 3.98. The molecule has 0 fully saturated rings. The molecule has 6 nitrogen and oxygen atoms in total. The average molecular weight is 341 g/mol. The van der Waals surface area contributed by atoms with Gasteiger partial charge in [0.1, 0.15) is 34.8 Å². The summed E-state index contributed by atoms with van der Waals surface area (Å²) in [7, 11) is 0. The third-order valence-corrected chi connectivity index (χ3v) is 3.98. The zero-order valence-corrected chi connectivity index (χ0v) is 14.9. The van der Waals surface area contributed by atoms with Gasteiger partial charge in [-0.2, -0.15) is 0 Å². The van der Waals surface area contributed by atoms with Crippen LogP contribution in [-0.2, 0) is 5.41 Å². The summed E-state index contributed by atoms with van der Waals surface area (Å²) in [5, 5.41) is 28.8. The predicted molar refractivity (Wildman–Crippen MR) is 96.5 cm³/mol. The van der Waals surface area contributed by atoms with Crippen LogP contribution in [0.1, 0.15) is 31.9 Å². The second-order valence-electron chi connectivity index (χ2n) is 7.14. The van der Waals surface area contributed by atoms with E-state index in [0.29, 0.717) is 11.4 Å². The molecule has 25 heavy (non-hydrogen) atoms. The summed E-state index contributed by atoms with van der Waals surface area (Å²) in [5.74, 6) is 0.685.